The van der Waals surface area contributed by atoms with Gasteiger partial charge in [0.15, 0.2) is 4.34 Å². The van der Waals surface area contributed by atoms with Crippen LogP contribution in [0.4, 0.5) is 10.8 Å². The lowest BCUT2D eigenvalue weighted by Crippen LogP contribution is -2.30. The number of aromatic nitrogens is 2. The van der Waals surface area contributed by atoms with Gasteiger partial charge in [0.05, 0.1) is 5.25 Å². The Morgan fingerprint density at radius 1 is 1.36 bits per heavy atom. The summed E-state index contributed by atoms with van der Waals surface area (Å²) in [7, 11) is 0. The third-order valence-electron chi connectivity index (χ3n) is 3.03. The fourth-order valence-electron chi connectivity index (χ4n) is 1.90. The summed E-state index contributed by atoms with van der Waals surface area (Å²) >= 11 is 2.88. The maximum absolute atomic E-state index is 11.7. The Labute approximate surface area is 138 Å². The second-order valence-electron chi connectivity index (χ2n) is 4.97. The van der Waals surface area contributed by atoms with Crippen molar-refractivity contribution in [3.63, 3.8) is 0 Å². The number of carbonyl (C=O) groups excluding carboxylic acids is 1. The van der Waals surface area contributed by atoms with Crippen LogP contribution in [0, 0.1) is 13.8 Å². The molecular weight excluding hydrogens is 316 g/mol. The van der Waals surface area contributed by atoms with Crippen molar-refractivity contribution in [3.8, 4) is 0 Å². The molecular formula is C15H20N4OS2. The van der Waals surface area contributed by atoms with Gasteiger partial charge in [0.2, 0.25) is 11.0 Å². The fraction of sp³-hybridized carbons (Fsp3) is 0.400. The summed E-state index contributed by atoms with van der Waals surface area (Å²) in [6, 6.07) is 6.22. The molecule has 22 heavy (non-hydrogen) atoms. The molecule has 7 heteroatoms. The number of hydrogen-bond acceptors (Lipinski definition) is 6. The molecule has 2 N–H and O–H groups in total. The lowest BCUT2D eigenvalue weighted by Gasteiger charge is -2.08. The largest absolute Gasteiger partial charge is 0.355 e. The van der Waals surface area contributed by atoms with E-state index in [9.17, 15) is 4.79 Å². The third-order valence-corrected chi connectivity index (χ3v) is 5.05. The molecule has 0 fully saturated rings. The molecule has 118 valence electrons. The lowest BCUT2D eigenvalue weighted by atomic mass is 10.1. The Morgan fingerprint density at radius 3 is 2.82 bits per heavy atom. The number of nitrogens with one attached hydrogen (secondary N) is 2. The monoisotopic (exact) mass is 336 g/mol. The number of benzene rings is 1. The molecule has 0 aliphatic rings. The van der Waals surface area contributed by atoms with E-state index in [0.29, 0.717) is 6.54 Å². The number of nitrogens with zero attached hydrogens (tertiary/aromatic N) is 2. The highest BCUT2D eigenvalue weighted by molar-refractivity contribution is 8.02. The Morgan fingerprint density at radius 2 is 2.14 bits per heavy atom. The van der Waals surface area contributed by atoms with E-state index in [1.54, 1.807) is 0 Å². The van der Waals surface area contributed by atoms with Gasteiger partial charge in [-0.3, -0.25) is 4.79 Å². The van der Waals surface area contributed by atoms with Gasteiger partial charge < -0.3 is 10.6 Å². The van der Waals surface area contributed by atoms with Crippen LogP contribution in [0.1, 0.15) is 25.0 Å². The second-order valence-corrected chi connectivity index (χ2v) is 7.54. The Hall–Kier alpha value is -1.60. The smallest absolute Gasteiger partial charge is 0.233 e. The van der Waals surface area contributed by atoms with Crippen molar-refractivity contribution >= 4 is 39.8 Å². The van der Waals surface area contributed by atoms with Gasteiger partial charge in [0.1, 0.15) is 0 Å². The molecule has 2 rings (SSSR count). The molecule has 5 nitrogen and oxygen atoms in total. The fourth-order valence-corrected chi connectivity index (χ4v) is 3.83. The molecule has 1 atom stereocenters. The van der Waals surface area contributed by atoms with Gasteiger partial charge >= 0.3 is 0 Å². The highest BCUT2D eigenvalue weighted by Gasteiger charge is 2.16. The zero-order valence-electron chi connectivity index (χ0n) is 13.1. The summed E-state index contributed by atoms with van der Waals surface area (Å²) in [6.07, 6.45) is 0. The van der Waals surface area contributed by atoms with Gasteiger partial charge in [0.25, 0.3) is 0 Å². The van der Waals surface area contributed by atoms with Crippen molar-refractivity contribution in [3.05, 3.63) is 29.3 Å². The number of carbonyl (C=O) groups is 1. The number of thioether (sulfide) groups is 1. The number of hydrogen-bond donors (Lipinski definition) is 2. The predicted molar refractivity (Wildman–Crippen MR) is 93.1 cm³/mol. The van der Waals surface area contributed by atoms with Gasteiger partial charge in [-0.05, 0) is 39.3 Å². The summed E-state index contributed by atoms with van der Waals surface area (Å²) in [5.41, 5.74) is 3.42. The van der Waals surface area contributed by atoms with Gasteiger partial charge in [-0.2, -0.15) is 0 Å². The molecule has 1 aromatic heterocycles. The van der Waals surface area contributed by atoms with Crippen LogP contribution in [-0.4, -0.2) is 27.9 Å². The van der Waals surface area contributed by atoms with Gasteiger partial charge in [-0.25, -0.2) is 0 Å². The molecule has 1 amide bonds. The van der Waals surface area contributed by atoms with Gasteiger partial charge in [-0.1, -0.05) is 40.8 Å². The molecule has 0 radical (unpaired) electrons. The number of anilines is 2. The van der Waals surface area contributed by atoms with Crippen molar-refractivity contribution < 1.29 is 4.79 Å². The summed E-state index contributed by atoms with van der Waals surface area (Å²) in [4.78, 5) is 11.7. The van der Waals surface area contributed by atoms with Crippen LogP contribution >= 0.6 is 23.1 Å². The SMILES string of the molecule is CCNC(=O)[C@@H](C)Sc1nnc(Nc2ccc(C)cc2C)s1. The van der Waals surface area contributed by atoms with Crippen LogP contribution < -0.4 is 10.6 Å². The Bertz CT molecular complexity index is 657. The van der Waals surface area contributed by atoms with Gasteiger partial charge in [0, 0.05) is 12.2 Å². The molecule has 0 saturated carbocycles. The molecule has 0 spiro atoms. The average molecular weight is 336 g/mol. The molecule has 0 unspecified atom stereocenters. The van der Waals surface area contributed by atoms with E-state index in [4.69, 9.17) is 0 Å². The van der Waals surface area contributed by atoms with E-state index in [0.717, 1.165) is 15.2 Å². The molecule has 0 bridgehead atoms. The first-order valence-electron chi connectivity index (χ1n) is 7.11. The maximum atomic E-state index is 11.7. The summed E-state index contributed by atoms with van der Waals surface area (Å²) in [5.74, 6) is 0.0200. The summed E-state index contributed by atoms with van der Waals surface area (Å²) in [5, 5.41) is 14.9. The lowest BCUT2D eigenvalue weighted by molar-refractivity contribution is -0.120. The molecule has 0 saturated heterocycles. The predicted octanol–water partition coefficient (Wildman–Crippen LogP) is 3.52. The minimum atomic E-state index is -0.179. The van der Waals surface area contributed by atoms with Crippen LogP contribution in [0.2, 0.25) is 0 Å². The van der Waals surface area contributed by atoms with Crippen LogP contribution in [0.15, 0.2) is 22.5 Å². The van der Waals surface area contributed by atoms with Crippen LogP contribution in [0.3, 0.4) is 0 Å². The highest BCUT2D eigenvalue weighted by Crippen LogP contribution is 2.31. The van der Waals surface area contributed by atoms with Crippen LogP contribution in [0.5, 0.6) is 0 Å². The first-order chi connectivity index (χ1) is 10.5. The van der Waals surface area contributed by atoms with Crippen molar-refractivity contribution in [1.29, 1.82) is 0 Å². The number of amides is 1. The van der Waals surface area contributed by atoms with E-state index in [1.165, 1.54) is 34.2 Å². The van der Waals surface area contributed by atoms with Crippen molar-refractivity contribution in [1.82, 2.24) is 15.5 Å². The van der Waals surface area contributed by atoms with Crippen LogP contribution in [-0.2, 0) is 4.79 Å². The number of rotatable bonds is 6. The standard InChI is InChI=1S/C15H20N4OS2/c1-5-16-13(20)11(4)21-15-19-18-14(22-15)17-12-7-6-9(2)8-10(12)3/h6-8,11H,5H2,1-4H3,(H,16,20)(H,17,18)/t11-/m1/s1. The normalized spacial score (nSPS) is 12.0. The van der Waals surface area contributed by atoms with E-state index < -0.39 is 0 Å². The number of aryl methyl sites for hydroxylation is 2. The summed E-state index contributed by atoms with van der Waals surface area (Å²) < 4.78 is 0.783. The zero-order chi connectivity index (χ0) is 16.1. The molecule has 2 aromatic rings. The molecule has 0 aliphatic heterocycles. The molecule has 0 aliphatic carbocycles. The minimum Gasteiger partial charge on any atom is -0.355 e. The van der Waals surface area contributed by atoms with E-state index >= 15 is 0 Å². The maximum Gasteiger partial charge on any atom is 0.233 e. The Kier molecular flexibility index (Phi) is 5.79. The topological polar surface area (TPSA) is 66.9 Å². The first-order valence-corrected chi connectivity index (χ1v) is 8.81. The third kappa shape index (κ3) is 4.45. The van der Waals surface area contributed by atoms with Crippen molar-refractivity contribution in [2.45, 2.75) is 37.3 Å². The van der Waals surface area contributed by atoms with E-state index in [1.807, 2.05) is 19.9 Å². The first kappa shape index (κ1) is 16.8. The molecule has 1 aromatic carbocycles. The molecule has 1 heterocycles. The van der Waals surface area contributed by atoms with Crippen molar-refractivity contribution in [2.24, 2.45) is 0 Å². The van der Waals surface area contributed by atoms with E-state index in [2.05, 4.69) is 46.8 Å². The quantitative estimate of drug-likeness (QED) is 0.790. The Balaban J connectivity index is 2.01. The van der Waals surface area contributed by atoms with Gasteiger partial charge in [-0.15, -0.1) is 10.2 Å². The highest BCUT2D eigenvalue weighted by atomic mass is 32.2. The minimum absolute atomic E-state index is 0.0200. The van der Waals surface area contributed by atoms with Crippen molar-refractivity contribution in [2.75, 3.05) is 11.9 Å². The zero-order valence-corrected chi connectivity index (χ0v) is 14.8. The second kappa shape index (κ2) is 7.60. The van der Waals surface area contributed by atoms with Crippen LogP contribution in [0.25, 0.3) is 0 Å². The van der Waals surface area contributed by atoms with E-state index in [-0.39, 0.29) is 11.2 Å². The average Bonchev–Trinajstić information content (AvgIpc) is 2.89. The summed E-state index contributed by atoms with van der Waals surface area (Å²) in [6.45, 7) is 8.54.